The number of amides is 7. The molecule has 7 amide bonds. The molecule has 408 valence electrons. The van der Waals surface area contributed by atoms with Crippen LogP contribution in [0.15, 0.2) is 49.1 Å². The topological polar surface area (TPSA) is 240 Å². The minimum absolute atomic E-state index is 0.0779. The Hall–Kier alpha value is -6.45. The molecule has 19 nitrogen and oxygen atoms in total. The lowest BCUT2D eigenvalue weighted by Gasteiger charge is -2.45. The number of aromatic nitrogens is 3. The summed E-state index contributed by atoms with van der Waals surface area (Å²) in [6, 6.07) is 5.55. The molecule has 2 saturated heterocycles. The van der Waals surface area contributed by atoms with E-state index in [1.165, 1.54) is 12.4 Å². The van der Waals surface area contributed by atoms with Crippen LogP contribution >= 0.6 is 0 Å². The normalized spacial score (nSPS) is 24.1. The number of likely N-dealkylation sites (tertiary alicyclic amines) is 2. The Kier molecular flexibility index (Phi) is 19.4. The van der Waals surface area contributed by atoms with E-state index >= 15 is 0 Å². The molecule has 2 saturated carbocycles. The third-order valence-electron chi connectivity index (χ3n) is 15.5. The number of fused-ring (bicyclic) bond motifs is 1. The van der Waals surface area contributed by atoms with Gasteiger partial charge in [0.15, 0.2) is 0 Å². The second-order valence-electron chi connectivity index (χ2n) is 20.8. The van der Waals surface area contributed by atoms with Crippen molar-refractivity contribution in [3.05, 3.63) is 60.2 Å². The van der Waals surface area contributed by atoms with E-state index in [0.29, 0.717) is 95.9 Å². The summed E-state index contributed by atoms with van der Waals surface area (Å²) in [5.74, 6) is -1.77. The SMILES string of the molecule is CC(C)N(C)[C@@H]1CC[C@H](N2CC[C@H](Nc3ncnc4ccc(C(F)(F)F)cc34)C2=O)[C@H](NC(=O)C2CCC(NC(=O)CCCC(=O)NCCCC(=O)NCCCNC(=O)[C@H]3CC(=O)N(C)[C@@H]3c3cccnc3)CC2)C1. The molecule has 2 aliphatic carbocycles. The number of pyridine rings is 1. The highest BCUT2D eigenvalue weighted by molar-refractivity contribution is 5.94. The summed E-state index contributed by atoms with van der Waals surface area (Å²) in [5.41, 5.74) is 0.288. The van der Waals surface area contributed by atoms with Gasteiger partial charge < -0.3 is 46.6 Å². The second kappa shape index (κ2) is 25.9. The first kappa shape index (κ1) is 56.3. The molecule has 0 bridgehead atoms. The van der Waals surface area contributed by atoms with E-state index in [-0.39, 0.29) is 120 Å². The van der Waals surface area contributed by atoms with Crippen LogP contribution in [0.4, 0.5) is 19.0 Å². The quantitative estimate of drug-likeness (QED) is 0.0769. The summed E-state index contributed by atoms with van der Waals surface area (Å²) < 4.78 is 40.8. The van der Waals surface area contributed by atoms with Crippen LogP contribution in [-0.4, -0.2) is 148 Å². The van der Waals surface area contributed by atoms with E-state index in [9.17, 15) is 46.7 Å². The molecule has 3 aromatic rings. The summed E-state index contributed by atoms with van der Waals surface area (Å²) in [6.07, 6.45) is 6.94. The summed E-state index contributed by atoms with van der Waals surface area (Å²) >= 11 is 0. The molecule has 22 heteroatoms. The fourth-order valence-electron chi connectivity index (χ4n) is 11.1. The van der Waals surface area contributed by atoms with Crippen LogP contribution in [-0.2, 0) is 39.7 Å². The van der Waals surface area contributed by atoms with Gasteiger partial charge in [-0.15, -0.1) is 0 Å². The molecule has 4 heterocycles. The van der Waals surface area contributed by atoms with Gasteiger partial charge in [0.25, 0.3) is 0 Å². The fraction of sp³-hybridized carbons (Fsp3) is 0.623. The van der Waals surface area contributed by atoms with Gasteiger partial charge >= 0.3 is 6.18 Å². The molecule has 7 rings (SSSR count). The monoisotopic (exact) mass is 1050 g/mol. The van der Waals surface area contributed by atoms with Crippen LogP contribution < -0.4 is 31.9 Å². The predicted octanol–water partition coefficient (Wildman–Crippen LogP) is 4.39. The maximum absolute atomic E-state index is 14.1. The van der Waals surface area contributed by atoms with Gasteiger partial charge in [-0.2, -0.15) is 13.2 Å². The van der Waals surface area contributed by atoms with Gasteiger partial charge in [-0.3, -0.25) is 38.5 Å². The van der Waals surface area contributed by atoms with Crippen molar-refractivity contribution >= 4 is 58.1 Å². The zero-order chi connectivity index (χ0) is 53.8. The number of carbonyl (C=O) groups excluding carboxylic acids is 7. The predicted molar refractivity (Wildman–Crippen MR) is 273 cm³/mol. The maximum Gasteiger partial charge on any atom is 0.416 e. The van der Waals surface area contributed by atoms with Crippen molar-refractivity contribution < 1.29 is 46.7 Å². The number of carbonyl (C=O) groups is 7. The van der Waals surface area contributed by atoms with Crippen LogP contribution in [0.25, 0.3) is 10.9 Å². The van der Waals surface area contributed by atoms with Crippen molar-refractivity contribution in [1.29, 1.82) is 0 Å². The van der Waals surface area contributed by atoms with E-state index in [1.807, 2.05) is 11.0 Å². The molecule has 0 unspecified atom stereocenters. The minimum Gasteiger partial charge on any atom is -0.358 e. The first-order valence-electron chi connectivity index (χ1n) is 26.5. The van der Waals surface area contributed by atoms with Crippen molar-refractivity contribution in [1.82, 2.24) is 56.2 Å². The van der Waals surface area contributed by atoms with E-state index in [4.69, 9.17) is 0 Å². The highest BCUT2D eigenvalue weighted by Crippen LogP contribution is 2.38. The van der Waals surface area contributed by atoms with Crippen LogP contribution in [0.3, 0.4) is 0 Å². The summed E-state index contributed by atoms with van der Waals surface area (Å²) in [7, 11) is 3.76. The first-order chi connectivity index (χ1) is 35.9. The summed E-state index contributed by atoms with van der Waals surface area (Å²) in [4.78, 5) is 109. The average molecular weight is 1050 g/mol. The fourth-order valence-corrected chi connectivity index (χ4v) is 11.1. The van der Waals surface area contributed by atoms with E-state index < -0.39 is 23.7 Å². The molecule has 4 fully saturated rings. The molecule has 6 N–H and O–H groups in total. The van der Waals surface area contributed by atoms with Crippen LogP contribution in [0, 0.1) is 11.8 Å². The molecule has 4 aliphatic rings. The number of hydrogen-bond acceptors (Lipinski definition) is 12. The summed E-state index contributed by atoms with van der Waals surface area (Å²) in [5, 5.41) is 18.2. The summed E-state index contributed by atoms with van der Waals surface area (Å²) in [6.45, 7) is 5.67. The van der Waals surface area contributed by atoms with Gasteiger partial charge in [0, 0.05) is 101 Å². The van der Waals surface area contributed by atoms with Crippen molar-refractivity contribution in [3.63, 3.8) is 0 Å². The number of nitrogens with zero attached hydrogens (tertiary/aromatic N) is 6. The maximum atomic E-state index is 14.1. The van der Waals surface area contributed by atoms with Crippen molar-refractivity contribution in [3.8, 4) is 0 Å². The zero-order valence-electron chi connectivity index (χ0n) is 43.4. The molecule has 0 radical (unpaired) electrons. The molecule has 75 heavy (non-hydrogen) atoms. The molecular formula is C53H73F3N12O7. The number of benzene rings is 1. The van der Waals surface area contributed by atoms with Crippen LogP contribution in [0.2, 0.25) is 0 Å². The Morgan fingerprint density at radius 3 is 2.23 bits per heavy atom. The van der Waals surface area contributed by atoms with E-state index in [0.717, 1.165) is 24.1 Å². The Labute approximate surface area is 436 Å². The Bertz CT molecular complexity index is 2490. The molecular weight excluding hydrogens is 974 g/mol. The first-order valence-corrected chi connectivity index (χ1v) is 26.5. The van der Waals surface area contributed by atoms with Gasteiger partial charge in [0.1, 0.15) is 18.2 Å². The van der Waals surface area contributed by atoms with E-state index in [2.05, 4.69) is 72.6 Å². The lowest BCUT2D eigenvalue weighted by molar-refractivity contribution is -0.137. The zero-order valence-corrected chi connectivity index (χ0v) is 43.4. The van der Waals surface area contributed by atoms with Crippen LogP contribution in [0.1, 0.15) is 127 Å². The van der Waals surface area contributed by atoms with Crippen molar-refractivity contribution in [2.24, 2.45) is 11.8 Å². The Balaban J connectivity index is 0.770. The number of nitrogens with one attached hydrogen (secondary N) is 6. The molecule has 6 atom stereocenters. The van der Waals surface area contributed by atoms with Gasteiger partial charge in [-0.1, -0.05) is 6.07 Å². The number of anilines is 1. The lowest BCUT2D eigenvalue weighted by atomic mass is 9.82. The number of alkyl halides is 3. The molecule has 1 aromatic carbocycles. The highest BCUT2D eigenvalue weighted by Gasteiger charge is 2.45. The average Bonchev–Trinajstić information content (AvgIpc) is 3.90. The lowest BCUT2D eigenvalue weighted by Crippen LogP contribution is -2.59. The van der Waals surface area contributed by atoms with Gasteiger partial charge in [-0.25, -0.2) is 9.97 Å². The van der Waals surface area contributed by atoms with E-state index in [1.54, 1.807) is 30.4 Å². The number of hydrogen-bond donors (Lipinski definition) is 6. The molecule has 0 spiro atoms. The third-order valence-corrected chi connectivity index (χ3v) is 15.5. The van der Waals surface area contributed by atoms with Crippen LogP contribution in [0.5, 0.6) is 0 Å². The molecule has 2 aliphatic heterocycles. The number of halogens is 3. The third kappa shape index (κ3) is 14.9. The van der Waals surface area contributed by atoms with Gasteiger partial charge in [0.2, 0.25) is 41.4 Å². The van der Waals surface area contributed by atoms with Crippen molar-refractivity contribution in [2.45, 2.75) is 159 Å². The van der Waals surface area contributed by atoms with Gasteiger partial charge in [-0.05, 0) is 121 Å². The second-order valence-corrected chi connectivity index (χ2v) is 20.8. The highest BCUT2D eigenvalue weighted by atomic mass is 19.4. The smallest absolute Gasteiger partial charge is 0.358 e. The van der Waals surface area contributed by atoms with Gasteiger partial charge in [0.05, 0.1) is 35.1 Å². The standard InChI is InChI=1S/C53H73F3N12O7/c1-32(2)66(3)37-18-20-43(68-26-21-41(52(68)75)64-49-38-27-35(53(54,55)56)15-19-40(38)61-31-62-49)42(28-37)65-50(73)33-13-16-36(17-14-33)63-46(71)11-5-10-44(69)58-23-7-12-45(70)59-24-8-25-60-51(74)39-29-47(72)67(4)48(39)34-9-6-22-57-30-34/h6,9,15,19,22,27,30-33,36-37,39,41-43,48H,5,7-8,10-14,16-18,20-21,23-26,28-29H2,1-4H3,(H,58,69)(H,59,70)(H,60,74)(H,63,71)(H,65,73)(H,61,62,64)/t33?,36?,37-,39+,41+,42-,43+,48-/m1/s1. The molecule has 2 aromatic heterocycles. The number of rotatable bonds is 22. The largest absolute Gasteiger partial charge is 0.416 e. The van der Waals surface area contributed by atoms with Crippen molar-refractivity contribution in [2.75, 3.05) is 45.6 Å². The Morgan fingerprint density at radius 1 is 0.813 bits per heavy atom. The minimum atomic E-state index is -4.56. The Morgan fingerprint density at radius 2 is 1.52 bits per heavy atom.